The van der Waals surface area contributed by atoms with Gasteiger partial charge in [-0.2, -0.15) is 0 Å². The molecule has 1 aromatic heterocycles. The highest BCUT2D eigenvalue weighted by molar-refractivity contribution is 6.33. The molecule has 2 nitrogen and oxygen atoms in total. The lowest BCUT2D eigenvalue weighted by molar-refractivity contribution is 0.628. The van der Waals surface area contributed by atoms with Gasteiger partial charge in [0.25, 0.3) is 0 Å². The van der Waals surface area contributed by atoms with Gasteiger partial charge in [-0.15, -0.1) is 0 Å². The number of aromatic nitrogens is 2. The van der Waals surface area contributed by atoms with Crippen LogP contribution in [0.25, 0.3) is 11.3 Å². The van der Waals surface area contributed by atoms with E-state index in [-0.39, 0.29) is 5.82 Å². The van der Waals surface area contributed by atoms with Crippen molar-refractivity contribution in [3.63, 3.8) is 0 Å². The van der Waals surface area contributed by atoms with Crippen LogP contribution in [0.2, 0.25) is 10.2 Å². The lowest BCUT2D eigenvalue weighted by atomic mass is 10.1. The number of halogens is 3. The van der Waals surface area contributed by atoms with E-state index in [9.17, 15) is 4.39 Å². The summed E-state index contributed by atoms with van der Waals surface area (Å²) >= 11 is 12.1. The van der Waals surface area contributed by atoms with Crippen molar-refractivity contribution >= 4 is 23.2 Å². The van der Waals surface area contributed by atoms with E-state index in [4.69, 9.17) is 23.2 Å². The summed E-state index contributed by atoms with van der Waals surface area (Å²) in [5, 5.41) is 0.813. The summed E-state index contributed by atoms with van der Waals surface area (Å²) in [5.74, 6) is 0.252. The average molecular weight is 285 g/mol. The fraction of sp³-hybridized carbons (Fsp3) is 0.231. The molecule has 94 valence electrons. The van der Waals surface area contributed by atoms with Crippen molar-refractivity contribution in [2.75, 3.05) is 0 Å². The number of nitrogens with zero attached hydrogens (tertiary/aromatic N) is 2. The SMILES string of the molecule is CCc1nc(Cl)c(C)c(-c2cc(F)ccc2Cl)n1. The van der Waals surface area contributed by atoms with Gasteiger partial charge in [0.05, 0.1) is 10.7 Å². The Balaban J connectivity index is 2.69. The minimum absolute atomic E-state index is 0.360. The van der Waals surface area contributed by atoms with E-state index in [0.29, 0.717) is 39.2 Å². The number of hydrogen-bond acceptors (Lipinski definition) is 2. The molecule has 0 N–H and O–H groups in total. The van der Waals surface area contributed by atoms with Crippen molar-refractivity contribution in [1.29, 1.82) is 0 Å². The van der Waals surface area contributed by atoms with Crippen LogP contribution >= 0.6 is 23.2 Å². The standard InChI is InChI=1S/C13H11Cl2FN2/c1-3-11-17-12(7(2)13(15)18-11)9-6-8(16)4-5-10(9)14/h4-6H,3H2,1-2H3. The average Bonchev–Trinajstić information content (AvgIpc) is 2.35. The maximum atomic E-state index is 13.3. The summed E-state index contributed by atoms with van der Waals surface area (Å²) in [6, 6.07) is 4.17. The highest BCUT2D eigenvalue weighted by atomic mass is 35.5. The van der Waals surface area contributed by atoms with Gasteiger partial charge in [0.2, 0.25) is 0 Å². The molecule has 0 aliphatic rings. The summed E-state index contributed by atoms with van der Waals surface area (Å²) in [6.07, 6.45) is 0.653. The van der Waals surface area contributed by atoms with E-state index in [1.807, 2.05) is 6.92 Å². The monoisotopic (exact) mass is 284 g/mol. The van der Waals surface area contributed by atoms with E-state index in [1.54, 1.807) is 6.92 Å². The molecule has 1 aromatic carbocycles. The zero-order valence-corrected chi connectivity index (χ0v) is 11.5. The van der Waals surface area contributed by atoms with E-state index in [1.165, 1.54) is 18.2 Å². The van der Waals surface area contributed by atoms with Crippen LogP contribution in [0.15, 0.2) is 18.2 Å². The van der Waals surface area contributed by atoms with Gasteiger partial charge < -0.3 is 0 Å². The van der Waals surface area contributed by atoms with Crippen LogP contribution < -0.4 is 0 Å². The second-order valence-corrected chi connectivity index (χ2v) is 4.65. The molecule has 0 atom stereocenters. The summed E-state index contributed by atoms with van der Waals surface area (Å²) < 4.78 is 13.3. The minimum atomic E-state index is -0.360. The first-order chi connectivity index (χ1) is 8.52. The Morgan fingerprint density at radius 3 is 2.61 bits per heavy atom. The van der Waals surface area contributed by atoms with Crippen molar-refractivity contribution in [1.82, 2.24) is 9.97 Å². The van der Waals surface area contributed by atoms with Crippen molar-refractivity contribution in [3.05, 3.63) is 45.6 Å². The van der Waals surface area contributed by atoms with Gasteiger partial charge in [-0.3, -0.25) is 0 Å². The molecule has 0 aliphatic heterocycles. The molecule has 0 radical (unpaired) electrons. The van der Waals surface area contributed by atoms with Gasteiger partial charge in [-0.25, -0.2) is 14.4 Å². The lowest BCUT2D eigenvalue weighted by Crippen LogP contribution is -2.00. The third-order valence-corrected chi connectivity index (χ3v) is 3.33. The topological polar surface area (TPSA) is 25.8 Å². The second-order valence-electron chi connectivity index (χ2n) is 3.88. The molecule has 2 rings (SSSR count). The van der Waals surface area contributed by atoms with Crippen LogP contribution in [0.1, 0.15) is 18.3 Å². The van der Waals surface area contributed by atoms with E-state index < -0.39 is 0 Å². The zero-order valence-electron chi connectivity index (χ0n) is 9.97. The van der Waals surface area contributed by atoms with E-state index in [2.05, 4.69) is 9.97 Å². The summed E-state index contributed by atoms with van der Waals surface area (Å²) in [7, 11) is 0. The van der Waals surface area contributed by atoms with E-state index in [0.717, 1.165) is 0 Å². The predicted molar refractivity (Wildman–Crippen MR) is 71.6 cm³/mol. The first kappa shape index (κ1) is 13.2. The van der Waals surface area contributed by atoms with Gasteiger partial charge in [-0.05, 0) is 25.1 Å². The molecule has 0 unspecified atom stereocenters. The fourth-order valence-electron chi connectivity index (χ4n) is 1.63. The van der Waals surface area contributed by atoms with Crippen LogP contribution in [-0.2, 0) is 6.42 Å². The Labute approximate surface area is 115 Å². The van der Waals surface area contributed by atoms with Crippen LogP contribution in [0.5, 0.6) is 0 Å². The fourth-order valence-corrected chi connectivity index (χ4v) is 2.03. The van der Waals surface area contributed by atoms with Gasteiger partial charge in [0, 0.05) is 17.5 Å². The molecule has 18 heavy (non-hydrogen) atoms. The molecule has 0 fully saturated rings. The highest BCUT2D eigenvalue weighted by Crippen LogP contribution is 2.31. The molecular formula is C13H11Cl2FN2. The number of rotatable bonds is 2. The molecule has 1 heterocycles. The largest absolute Gasteiger partial charge is 0.232 e. The van der Waals surface area contributed by atoms with Crippen molar-refractivity contribution < 1.29 is 4.39 Å². The Hall–Kier alpha value is -1.19. The van der Waals surface area contributed by atoms with Crippen LogP contribution in [0.4, 0.5) is 4.39 Å². The molecular weight excluding hydrogens is 274 g/mol. The number of benzene rings is 1. The molecule has 0 amide bonds. The van der Waals surface area contributed by atoms with Gasteiger partial charge in [-0.1, -0.05) is 30.1 Å². The molecule has 5 heteroatoms. The van der Waals surface area contributed by atoms with Crippen LogP contribution in [0, 0.1) is 12.7 Å². The van der Waals surface area contributed by atoms with Crippen LogP contribution in [0.3, 0.4) is 0 Å². The number of aryl methyl sites for hydroxylation is 1. The summed E-state index contributed by atoms with van der Waals surface area (Å²) in [5.41, 5.74) is 1.81. The predicted octanol–water partition coefficient (Wildman–Crippen LogP) is 4.46. The third kappa shape index (κ3) is 2.47. The minimum Gasteiger partial charge on any atom is -0.232 e. The van der Waals surface area contributed by atoms with E-state index >= 15 is 0 Å². The molecule has 0 bridgehead atoms. The second kappa shape index (κ2) is 5.21. The Morgan fingerprint density at radius 2 is 1.94 bits per heavy atom. The quantitative estimate of drug-likeness (QED) is 0.761. The van der Waals surface area contributed by atoms with Crippen molar-refractivity contribution in [2.45, 2.75) is 20.3 Å². The number of hydrogen-bond donors (Lipinski definition) is 0. The molecule has 0 aliphatic carbocycles. The lowest BCUT2D eigenvalue weighted by Gasteiger charge is -2.10. The van der Waals surface area contributed by atoms with Gasteiger partial charge in [0.1, 0.15) is 16.8 Å². The highest BCUT2D eigenvalue weighted by Gasteiger charge is 2.14. The van der Waals surface area contributed by atoms with Gasteiger partial charge in [0.15, 0.2) is 0 Å². The summed E-state index contributed by atoms with van der Waals surface area (Å²) in [4.78, 5) is 8.52. The Bertz CT molecular complexity index is 600. The normalized spacial score (nSPS) is 10.7. The Kier molecular flexibility index (Phi) is 3.83. The van der Waals surface area contributed by atoms with Crippen LogP contribution in [-0.4, -0.2) is 9.97 Å². The maximum Gasteiger partial charge on any atom is 0.136 e. The molecule has 0 spiro atoms. The maximum absolute atomic E-state index is 13.3. The smallest absolute Gasteiger partial charge is 0.136 e. The zero-order chi connectivity index (χ0) is 13.3. The molecule has 0 saturated carbocycles. The summed E-state index contributed by atoms with van der Waals surface area (Å²) in [6.45, 7) is 3.72. The van der Waals surface area contributed by atoms with Gasteiger partial charge >= 0.3 is 0 Å². The molecule has 2 aromatic rings. The van der Waals surface area contributed by atoms with Crippen molar-refractivity contribution in [2.24, 2.45) is 0 Å². The molecule has 0 saturated heterocycles. The first-order valence-electron chi connectivity index (χ1n) is 5.51. The third-order valence-electron chi connectivity index (χ3n) is 2.63. The Morgan fingerprint density at radius 1 is 1.22 bits per heavy atom. The first-order valence-corrected chi connectivity index (χ1v) is 6.27. The van der Waals surface area contributed by atoms with Crippen molar-refractivity contribution in [3.8, 4) is 11.3 Å².